The lowest BCUT2D eigenvalue weighted by Crippen LogP contribution is -2.47. The Morgan fingerprint density at radius 1 is 0.717 bits per heavy atom. The first-order chi connectivity index (χ1) is 21.6. The predicted octanol–water partition coefficient (Wildman–Crippen LogP) is 8.61. The van der Waals surface area contributed by atoms with Gasteiger partial charge in [0.2, 0.25) is 0 Å². The van der Waals surface area contributed by atoms with E-state index in [1.807, 2.05) is 65.8 Å². The summed E-state index contributed by atoms with van der Waals surface area (Å²) in [6.07, 6.45) is 8.37. The van der Waals surface area contributed by atoms with Crippen LogP contribution in [0.25, 0.3) is 0 Å². The van der Waals surface area contributed by atoms with E-state index < -0.39 is 41.5 Å². The molecular weight excluding hydrogens is 584 g/mol. The molecule has 9 heteroatoms. The van der Waals surface area contributed by atoms with Crippen molar-refractivity contribution in [2.75, 3.05) is 26.2 Å². The molecule has 0 spiro atoms. The summed E-state index contributed by atoms with van der Waals surface area (Å²) in [6.45, 7) is 18.6. The van der Waals surface area contributed by atoms with Crippen molar-refractivity contribution in [3.63, 3.8) is 0 Å². The summed E-state index contributed by atoms with van der Waals surface area (Å²) in [4.78, 5) is 42.9. The van der Waals surface area contributed by atoms with E-state index in [1.54, 1.807) is 16.7 Å². The number of hydrogen-bond donors (Lipinski definition) is 1. The molecule has 0 saturated heterocycles. The minimum absolute atomic E-state index is 0.110. The number of esters is 1. The molecule has 0 saturated carbocycles. The summed E-state index contributed by atoms with van der Waals surface area (Å²) in [6, 6.07) is 7.00. The summed E-state index contributed by atoms with van der Waals surface area (Å²) >= 11 is 0. The van der Waals surface area contributed by atoms with Crippen LogP contribution in [0, 0.1) is 0 Å². The van der Waals surface area contributed by atoms with Gasteiger partial charge >= 0.3 is 18.2 Å². The molecule has 0 heterocycles. The van der Waals surface area contributed by atoms with Gasteiger partial charge in [-0.3, -0.25) is 4.90 Å². The lowest BCUT2D eigenvalue weighted by Gasteiger charge is -2.37. The van der Waals surface area contributed by atoms with Crippen LogP contribution < -0.4 is 0 Å². The zero-order valence-corrected chi connectivity index (χ0v) is 30.4. The first-order valence-electron chi connectivity index (χ1n) is 17.5. The van der Waals surface area contributed by atoms with Gasteiger partial charge in [-0.05, 0) is 72.4 Å². The highest BCUT2D eigenvalue weighted by atomic mass is 16.6. The standard InChI is InChI=1S/C37H64N2O7/c1-10-13-15-17-19-25-38(34(42)45-36(4,5)6)28-31(30-23-21-29(22-24-30)27-32(40)33(41)44-12-3)39(26-20-18-16-14-11-2)35(43)46-37(7,8)9/h21-24,31-32,40H,10-20,25-28H2,1-9H3. The first-order valence-corrected chi connectivity index (χ1v) is 17.5. The van der Waals surface area contributed by atoms with Crippen molar-refractivity contribution >= 4 is 18.2 Å². The number of carbonyl (C=O) groups is 3. The number of carbonyl (C=O) groups excluding carboxylic acids is 3. The fourth-order valence-corrected chi connectivity index (χ4v) is 5.08. The molecule has 0 aliphatic heterocycles. The molecule has 2 amide bonds. The Morgan fingerprint density at radius 2 is 1.22 bits per heavy atom. The fourth-order valence-electron chi connectivity index (χ4n) is 5.08. The summed E-state index contributed by atoms with van der Waals surface area (Å²) in [5.74, 6) is -0.657. The normalized spacial score (nSPS) is 13.1. The molecule has 0 fully saturated rings. The smallest absolute Gasteiger partial charge is 0.410 e. The van der Waals surface area contributed by atoms with Crippen molar-refractivity contribution in [2.24, 2.45) is 0 Å². The Hall–Kier alpha value is -2.81. The summed E-state index contributed by atoms with van der Waals surface area (Å²) in [7, 11) is 0. The molecule has 264 valence electrons. The van der Waals surface area contributed by atoms with Crippen LogP contribution in [0.2, 0.25) is 0 Å². The quantitative estimate of drug-likeness (QED) is 0.0857. The van der Waals surface area contributed by atoms with Crippen molar-refractivity contribution in [2.45, 2.75) is 156 Å². The average molecular weight is 649 g/mol. The van der Waals surface area contributed by atoms with Crippen LogP contribution in [0.3, 0.4) is 0 Å². The van der Waals surface area contributed by atoms with Crippen LogP contribution in [0.15, 0.2) is 24.3 Å². The van der Waals surface area contributed by atoms with Crippen molar-refractivity contribution < 1.29 is 33.7 Å². The molecule has 46 heavy (non-hydrogen) atoms. The van der Waals surface area contributed by atoms with Crippen molar-refractivity contribution in [1.29, 1.82) is 0 Å². The predicted molar refractivity (Wildman–Crippen MR) is 184 cm³/mol. The van der Waals surface area contributed by atoms with Gasteiger partial charge in [0.15, 0.2) is 6.10 Å². The monoisotopic (exact) mass is 648 g/mol. The van der Waals surface area contributed by atoms with Crippen molar-refractivity contribution in [1.82, 2.24) is 9.80 Å². The molecule has 2 atom stereocenters. The second-order valence-electron chi connectivity index (χ2n) is 14.2. The fraction of sp³-hybridized carbons (Fsp3) is 0.757. The maximum atomic E-state index is 13.8. The number of amides is 2. The zero-order valence-electron chi connectivity index (χ0n) is 30.4. The highest BCUT2D eigenvalue weighted by Crippen LogP contribution is 2.28. The zero-order chi connectivity index (χ0) is 34.8. The summed E-state index contributed by atoms with van der Waals surface area (Å²) < 4.78 is 16.7. The first kappa shape index (κ1) is 41.2. The van der Waals surface area contributed by atoms with E-state index in [4.69, 9.17) is 14.2 Å². The number of ether oxygens (including phenoxy) is 3. The molecule has 0 aromatic heterocycles. The van der Waals surface area contributed by atoms with Gasteiger partial charge in [-0.2, -0.15) is 0 Å². The van der Waals surface area contributed by atoms with Crippen molar-refractivity contribution in [3.05, 3.63) is 35.4 Å². The minimum atomic E-state index is -1.27. The third-order valence-electron chi connectivity index (χ3n) is 7.44. The molecule has 0 bridgehead atoms. The van der Waals surface area contributed by atoms with E-state index in [0.717, 1.165) is 75.3 Å². The number of benzene rings is 1. The second kappa shape index (κ2) is 21.1. The topological polar surface area (TPSA) is 106 Å². The third kappa shape index (κ3) is 17.2. The van der Waals surface area contributed by atoms with E-state index >= 15 is 0 Å². The van der Waals surface area contributed by atoms with Gasteiger partial charge in [-0.25, -0.2) is 14.4 Å². The molecule has 0 radical (unpaired) electrons. The highest BCUT2D eigenvalue weighted by molar-refractivity contribution is 5.74. The van der Waals surface area contributed by atoms with Gasteiger partial charge in [-0.15, -0.1) is 0 Å². The largest absolute Gasteiger partial charge is 0.464 e. The van der Waals surface area contributed by atoms with Gasteiger partial charge in [0.25, 0.3) is 0 Å². The van der Waals surface area contributed by atoms with E-state index in [1.165, 1.54) is 0 Å². The molecule has 0 aliphatic rings. The van der Waals surface area contributed by atoms with Crippen LogP contribution in [-0.2, 0) is 25.4 Å². The minimum Gasteiger partial charge on any atom is -0.464 e. The molecular formula is C37H64N2O7. The van der Waals surface area contributed by atoms with E-state index in [-0.39, 0.29) is 19.6 Å². The molecule has 1 aromatic carbocycles. The number of aliphatic hydroxyl groups is 1. The number of unbranched alkanes of at least 4 members (excludes halogenated alkanes) is 8. The number of rotatable bonds is 20. The number of aliphatic hydroxyl groups excluding tert-OH is 1. The number of hydrogen-bond acceptors (Lipinski definition) is 7. The Bertz CT molecular complexity index is 1010. The molecule has 1 N–H and O–H groups in total. The number of nitrogens with zero attached hydrogens (tertiary/aromatic N) is 2. The SMILES string of the molecule is CCCCCCCN(CC(c1ccc(CC(O)C(=O)OCC)cc1)N(CCCCCCC)C(=O)OC(C)(C)C)C(=O)OC(C)(C)C. The van der Waals surface area contributed by atoms with Gasteiger partial charge in [0, 0.05) is 26.1 Å². The molecule has 9 nitrogen and oxygen atoms in total. The van der Waals surface area contributed by atoms with Crippen LogP contribution in [0.1, 0.15) is 144 Å². The highest BCUT2D eigenvalue weighted by Gasteiger charge is 2.33. The maximum absolute atomic E-state index is 13.8. The second-order valence-corrected chi connectivity index (χ2v) is 14.2. The van der Waals surface area contributed by atoms with Crippen LogP contribution in [0.5, 0.6) is 0 Å². The van der Waals surface area contributed by atoms with Crippen LogP contribution in [-0.4, -0.2) is 76.6 Å². The van der Waals surface area contributed by atoms with E-state index in [2.05, 4.69) is 13.8 Å². The molecule has 1 rings (SSSR count). The summed E-state index contributed by atoms with van der Waals surface area (Å²) in [5.41, 5.74) is 0.220. The Morgan fingerprint density at radius 3 is 1.72 bits per heavy atom. The summed E-state index contributed by atoms with van der Waals surface area (Å²) in [5, 5.41) is 10.3. The third-order valence-corrected chi connectivity index (χ3v) is 7.44. The van der Waals surface area contributed by atoms with Gasteiger partial charge < -0.3 is 24.2 Å². The van der Waals surface area contributed by atoms with Crippen LogP contribution in [0.4, 0.5) is 9.59 Å². The average Bonchev–Trinajstić information content (AvgIpc) is 2.95. The molecule has 0 aliphatic carbocycles. The Balaban J connectivity index is 3.52. The lowest BCUT2D eigenvalue weighted by atomic mass is 9.99. The van der Waals surface area contributed by atoms with Crippen molar-refractivity contribution in [3.8, 4) is 0 Å². The lowest BCUT2D eigenvalue weighted by molar-refractivity contribution is -0.152. The van der Waals surface area contributed by atoms with Gasteiger partial charge in [0.1, 0.15) is 11.2 Å². The van der Waals surface area contributed by atoms with E-state index in [9.17, 15) is 19.5 Å². The van der Waals surface area contributed by atoms with Gasteiger partial charge in [0.05, 0.1) is 12.6 Å². The molecule has 1 aromatic rings. The van der Waals surface area contributed by atoms with Gasteiger partial charge in [-0.1, -0.05) is 89.5 Å². The maximum Gasteiger partial charge on any atom is 0.410 e. The van der Waals surface area contributed by atoms with Crippen LogP contribution >= 0.6 is 0 Å². The Kier molecular flexibility index (Phi) is 18.9. The Labute approximate surface area is 279 Å². The van der Waals surface area contributed by atoms with E-state index in [0.29, 0.717) is 13.1 Å². The molecule has 2 unspecified atom stereocenters.